The molecule has 1 aliphatic rings. The van der Waals surface area contributed by atoms with Crippen LogP contribution in [0.5, 0.6) is 0 Å². The summed E-state index contributed by atoms with van der Waals surface area (Å²) in [5.74, 6) is -2.35. The Bertz CT molecular complexity index is 539. The van der Waals surface area contributed by atoms with Crippen LogP contribution in [0.1, 0.15) is 25.3 Å². The molecule has 4 nitrogen and oxygen atoms in total. The predicted octanol–water partition coefficient (Wildman–Crippen LogP) is 2.89. The van der Waals surface area contributed by atoms with Crippen LogP contribution in [0.15, 0.2) is 16.7 Å². The zero-order valence-electron chi connectivity index (χ0n) is 12.0. The molecular formula is C14H18BrF2N3O. The number of carbonyl (C=O) groups is 1. The van der Waals surface area contributed by atoms with Crippen molar-refractivity contribution in [3.05, 3.63) is 22.3 Å². The topological polar surface area (TPSA) is 45.2 Å². The minimum atomic E-state index is -2.73. The van der Waals surface area contributed by atoms with Crippen LogP contribution in [0.25, 0.3) is 0 Å². The molecule has 0 saturated carbocycles. The van der Waals surface area contributed by atoms with E-state index in [9.17, 15) is 13.6 Å². The van der Waals surface area contributed by atoms with Gasteiger partial charge in [-0.1, -0.05) is 6.07 Å². The molecule has 116 valence electrons. The average Bonchev–Trinajstić information content (AvgIpc) is 2.39. The summed E-state index contributed by atoms with van der Waals surface area (Å²) in [6.07, 6.45) is 0.154. The van der Waals surface area contributed by atoms with Crippen LogP contribution >= 0.6 is 15.9 Å². The number of carbonyl (C=O) groups excluding carboxylic acids is 1. The molecule has 1 aromatic rings. The van der Waals surface area contributed by atoms with Crippen LogP contribution in [0.2, 0.25) is 0 Å². The zero-order valence-corrected chi connectivity index (χ0v) is 13.6. The number of aromatic nitrogens is 1. The standard InChI is InChI=1S/C14H18BrF2N3O/c1-9-3-4-12(15)19-13(9)20-8-14(16,17)6-5-11(20)7-18-10(2)21/h3-4,11H,5-8H2,1-2H3,(H,18,21)/t11-/m1/s1. The van der Waals surface area contributed by atoms with Crippen LogP contribution in [0, 0.1) is 6.92 Å². The van der Waals surface area contributed by atoms with E-state index < -0.39 is 5.92 Å². The van der Waals surface area contributed by atoms with Gasteiger partial charge in [-0.25, -0.2) is 13.8 Å². The Hall–Kier alpha value is -1.24. The van der Waals surface area contributed by atoms with Crippen LogP contribution in [0.4, 0.5) is 14.6 Å². The highest BCUT2D eigenvalue weighted by Gasteiger charge is 2.41. The Kier molecular flexibility index (Phi) is 4.81. The molecule has 2 heterocycles. The van der Waals surface area contributed by atoms with Gasteiger partial charge in [0.05, 0.1) is 6.54 Å². The Morgan fingerprint density at radius 3 is 2.95 bits per heavy atom. The van der Waals surface area contributed by atoms with E-state index >= 15 is 0 Å². The minimum absolute atomic E-state index is 0.161. The van der Waals surface area contributed by atoms with Crippen LogP contribution in [0.3, 0.4) is 0 Å². The number of alkyl halides is 2. The Labute approximate surface area is 131 Å². The molecule has 1 N–H and O–H groups in total. The molecule has 1 saturated heterocycles. The van der Waals surface area contributed by atoms with Gasteiger partial charge in [0, 0.05) is 25.9 Å². The lowest BCUT2D eigenvalue weighted by molar-refractivity contribution is -0.119. The molecule has 0 bridgehead atoms. The molecule has 1 amide bonds. The summed E-state index contributed by atoms with van der Waals surface area (Å²) in [5.41, 5.74) is 0.837. The summed E-state index contributed by atoms with van der Waals surface area (Å²) in [6, 6.07) is 3.45. The highest BCUT2D eigenvalue weighted by atomic mass is 79.9. The molecular weight excluding hydrogens is 344 g/mol. The van der Waals surface area contributed by atoms with Crippen molar-refractivity contribution in [2.45, 2.75) is 38.7 Å². The second kappa shape index (κ2) is 6.25. The lowest BCUT2D eigenvalue weighted by Gasteiger charge is -2.41. The Balaban J connectivity index is 2.28. The van der Waals surface area contributed by atoms with Gasteiger partial charge in [-0.05, 0) is 40.9 Å². The summed E-state index contributed by atoms with van der Waals surface area (Å²) >= 11 is 3.28. The first kappa shape index (κ1) is 16.1. The Morgan fingerprint density at radius 1 is 1.57 bits per heavy atom. The first-order valence-corrected chi connectivity index (χ1v) is 7.60. The number of pyridine rings is 1. The third kappa shape index (κ3) is 4.12. The number of hydrogen-bond acceptors (Lipinski definition) is 3. The van der Waals surface area contributed by atoms with Crippen molar-refractivity contribution in [2.75, 3.05) is 18.0 Å². The van der Waals surface area contributed by atoms with Crippen molar-refractivity contribution < 1.29 is 13.6 Å². The molecule has 0 spiro atoms. The molecule has 0 aliphatic carbocycles. The molecule has 0 aromatic carbocycles. The lowest BCUT2D eigenvalue weighted by atomic mass is 9.98. The SMILES string of the molecule is CC(=O)NC[C@H]1CCC(F)(F)CN1c1nc(Br)ccc1C. The predicted molar refractivity (Wildman–Crippen MR) is 80.7 cm³/mol. The minimum Gasteiger partial charge on any atom is -0.354 e. The van der Waals surface area contributed by atoms with E-state index in [1.807, 2.05) is 13.0 Å². The number of hydrogen-bond donors (Lipinski definition) is 1. The maximum absolute atomic E-state index is 13.8. The summed E-state index contributed by atoms with van der Waals surface area (Å²) in [7, 11) is 0. The van der Waals surface area contributed by atoms with Crippen LogP contribution in [-0.4, -0.2) is 35.9 Å². The maximum Gasteiger partial charge on any atom is 0.265 e. The molecule has 1 aromatic heterocycles. The van der Waals surface area contributed by atoms with E-state index in [-0.39, 0.29) is 24.9 Å². The average molecular weight is 362 g/mol. The molecule has 1 fully saturated rings. The largest absolute Gasteiger partial charge is 0.354 e. The van der Waals surface area contributed by atoms with Gasteiger partial charge in [0.1, 0.15) is 10.4 Å². The van der Waals surface area contributed by atoms with Gasteiger partial charge in [-0.3, -0.25) is 4.79 Å². The third-order valence-corrected chi connectivity index (χ3v) is 4.02. The maximum atomic E-state index is 13.8. The lowest BCUT2D eigenvalue weighted by Crippen LogP contribution is -2.53. The fourth-order valence-corrected chi connectivity index (χ4v) is 2.80. The van der Waals surface area contributed by atoms with Gasteiger partial charge in [-0.2, -0.15) is 0 Å². The smallest absolute Gasteiger partial charge is 0.265 e. The number of rotatable bonds is 3. The number of nitrogens with zero attached hydrogens (tertiary/aromatic N) is 2. The van der Waals surface area contributed by atoms with Gasteiger partial charge in [0.2, 0.25) is 5.91 Å². The quantitative estimate of drug-likeness (QED) is 0.842. The second-order valence-corrected chi connectivity index (χ2v) is 6.20. The number of aryl methyl sites for hydroxylation is 1. The van der Waals surface area contributed by atoms with E-state index in [1.54, 1.807) is 11.0 Å². The molecule has 1 aliphatic heterocycles. The van der Waals surface area contributed by atoms with Gasteiger partial charge in [-0.15, -0.1) is 0 Å². The van der Waals surface area contributed by atoms with Crippen molar-refractivity contribution in [1.29, 1.82) is 0 Å². The van der Waals surface area contributed by atoms with Crippen molar-refractivity contribution in [3.63, 3.8) is 0 Å². The Morgan fingerprint density at radius 2 is 2.29 bits per heavy atom. The first-order chi connectivity index (χ1) is 9.78. The first-order valence-electron chi connectivity index (χ1n) is 6.80. The van der Waals surface area contributed by atoms with E-state index in [1.165, 1.54) is 6.92 Å². The van der Waals surface area contributed by atoms with Crippen molar-refractivity contribution >= 4 is 27.7 Å². The molecule has 21 heavy (non-hydrogen) atoms. The number of anilines is 1. The number of amides is 1. The van der Waals surface area contributed by atoms with E-state index in [0.29, 0.717) is 23.4 Å². The zero-order chi connectivity index (χ0) is 15.6. The molecule has 2 rings (SSSR count). The molecule has 0 unspecified atom stereocenters. The second-order valence-electron chi connectivity index (χ2n) is 5.39. The normalized spacial score (nSPS) is 21.2. The monoisotopic (exact) mass is 361 g/mol. The summed E-state index contributed by atoms with van der Waals surface area (Å²) in [6.45, 7) is 3.24. The third-order valence-electron chi connectivity index (χ3n) is 3.58. The molecule has 1 atom stereocenters. The number of piperidine rings is 1. The van der Waals surface area contributed by atoms with E-state index in [2.05, 4.69) is 26.2 Å². The summed E-state index contributed by atoms with van der Waals surface area (Å²) in [4.78, 5) is 17.0. The summed E-state index contributed by atoms with van der Waals surface area (Å²) in [5, 5.41) is 2.71. The van der Waals surface area contributed by atoms with Gasteiger partial charge in [0.25, 0.3) is 5.92 Å². The highest BCUT2D eigenvalue weighted by molar-refractivity contribution is 9.10. The van der Waals surface area contributed by atoms with E-state index in [4.69, 9.17) is 0 Å². The molecule has 0 radical (unpaired) electrons. The fraction of sp³-hybridized carbons (Fsp3) is 0.571. The van der Waals surface area contributed by atoms with Crippen molar-refractivity contribution in [2.24, 2.45) is 0 Å². The fourth-order valence-electron chi connectivity index (χ4n) is 2.50. The molecule has 7 heteroatoms. The van der Waals surface area contributed by atoms with Crippen LogP contribution in [-0.2, 0) is 4.79 Å². The van der Waals surface area contributed by atoms with Gasteiger partial charge in [0.15, 0.2) is 0 Å². The summed E-state index contributed by atoms with van der Waals surface area (Å²) < 4.78 is 28.2. The van der Waals surface area contributed by atoms with Gasteiger partial charge < -0.3 is 10.2 Å². The highest BCUT2D eigenvalue weighted by Crippen LogP contribution is 2.34. The van der Waals surface area contributed by atoms with Crippen molar-refractivity contribution in [3.8, 4) is 0 Å². The number of halogens is 3. The van der Waals surface area contributed by atoms with E-state index in [0.717, 1.165) is 5.56 Å². The number of nitrogens with one attached hydrogen (secondary N) is 1. The van der Waals surface area contributed by atoms with Gasteiger partial charge >= 0.3 is 0 Å². The van der Waals surface area contributed by atoms with Crippen molar-refractivity contribution in [1.82, 2.24) is 10.3 Å². The van der Waals surface area contributed by atoms with Crippen LogP contribution < -0.4 is 10.2 Å².